The number of aliphatic hydroxyl groups is 1. The van der Waals surface area contributed by atoms with Gasteiger partial charge in [0.15, 0.2) is 0 Å². The monoisotopic (exact) mass is 221 g/mol. The molecule has 16 heavy (non-hydrogen) atoms. The fraction of sp³-hybridized carbons (Fsp3) is 0.538. The summed E-state index contributed by atoms with van der Waals surface area (Å²) >= 11 is 0. The number of hydrogen-bond donors (Lipinski definition) is 2. The van der Waals surface area contributed by atoms with Crippen molar-refractivity contribution in [2.45, 2.75) is 19.4 Å². The molecule has 2 unspecified atom stereocenters. The maximum atomic E-state index is 9.11. The summed E-state index contributed by atoms with van der Waals surface area (Å²) in [5.41, 5.74) is 2.45. The molecule has 1 saturated heterocycles. The van der Waals surface area contributed by atoms with Gasteiger partial charge in [0.1, 0.15) is 5.75 Å². The molecule has 1 heterocycles. The maximum absolute atomic E-state index is 9.11. The van der Waals surface area contributed by atoms with Gasteiger partial charge < -0.3 is 15.2 Å². The average molecular weight is 221 g/mol. The summed E-state index contributed by atoms with van der Waals surface area (Å²) in [5.74, 6) is 1.33. The van der Waals surface area contributed by atoms with Crippen molar-refractivity contribution < 1.29 is 9.84 Å². The number of nitrogens with one attached hydrogen (secondary N) is 1. The molecule has 0 aliphatic carbocycles. The highest BCUT2D eigenvalue weighted by Crippen LogP contribution is 2.29. The van der Waals surface area contributed by atoms with Crippen LogP contribution in [0.3, 0.4) is 0 Å². The van der Waals surface area contributed by atoms with Crippen molar-refractivity contribution in [2.75, 3.05) is 20.3 Å². The molecule has 0 radical (unpaired) electrons. The van der Waals surface area contributed by atoms with Crippen LogP contribution >= 0.6 is 0 Å². The first-order valence-corrected chi connectivity index (χ1v) is 5.73. The smallest absolute Gasteiger partial charge is 0.121 e. The quantitative estimate of drug-likeness (QED) is 0.815. The molecule has 3 heteroatoms. The van der Waals surface area contributed by atoms with Gasteiger partial charge in [-0.1, -0.05) is 12.1 Å². The number of benzene rings is 1. The first kappa shape index (κ1) is 11.4. The number of aryl methyl sites for hydroxylation is 1. The second kappa shape index (κ2) is 4.85. The van der Waals surface area contributed by atoms with Gasteiger partial charge in [0, 0.05) is 19.2 Å². The lowest BCUT2D eigenvalue weighted by molar-refractivity contribution is 0.236. The van der Waals surface area contributed by atoms with E-state index in [1.54, 1.807) is 7.11 Å². The van der Waals surface area contributed by atoms with Crippen molar-refractivity contribution in [2.24, 2.45) is 5.92 Å². The molecule has 0 spiro atoms. The summed E-state index contributed by atoms with van der Waals surface area (Å²) in [6, 6.07) is 6.65. The average Bonchev–Trinajstić information content (AvgIpc) is 2.77. The Bertz CT molecular complexity index is 365. The Morgan fingerprint density at radius 2 is 2.31 bits per heavy atom. The Balaban J connectivity index is 2.13. The fourth-order valence-electron chi connectivity index (χ4n) is 2.32. The van der Waals surface area contributed by atoms with Crippen LogP contribution in [-0.4, -0.2) is 25.4 Å². The van der Waals surface area contributed by atoms with E-state index in [0.29, 0.717) is 12.0 Å². The minimum absolute atomic E-state index is 0.276. The van der Waals surface area contributed by atoms with Gasteiger partial charge in [-0.3, -0.25) is 0 Å². The second-order valence-corrected chi connectivity index (χ2v) is 4.47. The molecule has 3 nitrogen and oxygen atoms in total. The van der Waals surface area contributed by atoms with Crippen LogP contribution in [0.2, 0.25) is 0 Å². The van der Waals surface area contributed by atoms with Crippen LogP contribution in [0.25, 0.3) is 0 Å². The summed E-state index contributed by atoms with van der Waals surface area (Å²) in [4.78, 5) is 0. The normalized spacial score (nSPS) is 24.7. The number of rotatable bonds is 3. The van der Waals surface area contributed by atoms with Gasteiger partial charge >= 0.3 is 0 Å². The van der Waals surface area contributed by atoms with Crippen molar-refractivity contribution in [3.63, 3.8) is 0 Å². The van der Waals surface area contributed by atoms with Crippen molar-refractivity contribution in [1.82, 2.24) is 5.32 Å². The third kappa shape index (κ3) is 2.20. The number of methoxy groups -OCH3 is 1. The lowest BCUT2D eigenvalue weighted by atomic mass is 9.99. The highest BCUT2D eigenvalue weighted by atomic mass is 16.5. The van der Waals surface area contributed by atoms with E-state index in [-0.39, 0.29) is 6.61 Å². The molecular weight excluding hydrogens is 202 g/mol. The molecule has 2 rings (SSSR count). The van der Waals surface area contributed by atoms with Crippen LogP contribution in [-0.2, 0) is 0 Å². The molecule has 0 saturated carbocycles. The minimum Gasteiger partial charge on any atom is -0.496 e. The first-order chi connectivity index (χ1) is 7.74. The van der Waals surface area contributed by atoms with Crippen LogP contribution in [0.5, 0.6) is 5.75 Å². The third-order valence-electron chi connectivity index (χ3n) is 3.30. The highest BCUT2D eigenvalue weighted by molar-refractivity contribution is 5.37. The van der Waals surface area contributed by atoms with Crippen LogP contribution in [0.1, 0.15) is 23.6 Å². The highest BCUT2D eigenvalue weighted by Gasteiger charge is 2.24. The number of ether oxygens (including phenoxy) is 1. The van der Waals surface area contributed by atoms with Crippen LogP contribution < -0.4 is 10.1 Å². The molecule has 1 fully saturated rings. The zero-order valence-electron chi connectivity index (χ0n) is 9.86. The fourth-order valence-corrected chi connectivity index (χ4v) is 2.32. The van der Waals surface area contributed by atoms with E-state index in [1.165, 1.54) is 5.56 Å². The van der Waals surface area contributed by atoms with Gasteiger partial charge in [-0.05, 0) is 36.5 Å². The molecule has 0 aromatic heterocycles. The Hall–Kier alpha value is -1.06. The van der Waals surface area contributed by atoms with Crippen LogP contribution in [0, 0.1) is 12.8 Å². The molecular formula is C13H19NO2. The first-order valence-electron chi connectivity index (χ1n) is 5.73. The largest absolute Gasteiger partial charge is 0.496 e. The summed E-state index contributed by atoms with van der Waals surface area (Å²) in [7, 11) is 1.69. The molecule has 1 aromatic carbocycles. The van der Waals surface area contributed by atoms with E-state index in [9.17, 15) is 0 Å². The lowest BCUT2D eigenvalue weighted by Gasteiger charge is -2.13. The van der Waals surface area contributed by atoms with E-state index in [2.05, 4.69) is 24.4 Å². The Morgan fingerprint density at radius 3 is 2.88 bits per heavy atom. The van der Waals surface area contributed by atoms with Crippen molar-refractivity contribution >= 4 is 0 Å². The Labute approximate surface area is 96.4 Å². The second-order valence-electron chi connectivity index (χ2n) is 4.47. The van der Waals surface area contributed by atoms with E-state index in [1.807, 2.05) is 6.07 Å². The van der Waals surface area contributed by atoms with Crippen molar-refractivity contribution in [1.29, 1.82) is 0 Å². The standard InChI is InChI=1S/C13H19NO2/c1-9-5-11(3-4-13(9)16-2)12-6-10(8-15)7-14-12/h3-5,10,12,14-15H,6-8H2,1-2H3. The summed E-state index contributed by atoms with van der Waals surface area (Å²) in [6.45, 7) is 3.24. The maximum Gasteiger partial charge on any atom is 0.121 e. The van der Waals surface area contributed by atoms with Crippen LogP contribution in [0.4, 0.5) is 0 Å². The molecule has 88 valence electrons. The molecule has 1 aliphatic rings. The predicted molar refractivity (Wildman–Crippen MR) is 63.7 cm³/mol. The molecule has 2 N–H and O–H groups in total. The van der Waals surface area contributed by atoms with Gasteiger partial charge in [-0.25, -0.2) is 0 Å². The van der Waals surface area contributed by atoms with Crippen molar-refractivity contribution in [3.8, 4) is 5.75 Å². The third-order valence-corrected chi connectivity index (χ3v) is 3.30. The molecule has 1 aromatic rings. The van der Waals surface area contributed by atoms with Crippen LogP contribution in [0.15, 0.2) is 18.2 Å². The van der Waals surface area contributed by atoms with Gasteiger partial charge in [-0.15, -0.1) is 0 Å². The minimum atomic E-state index is 0.276. The summed E-state index contributed by atoms with van der Waals surface area (Å²) < 4.78 is 5.24. The van der Waals surface area contributed by atoms with Gasteiger partial charge in [0.05, 0.1) is 7.11 Å². The van der Waals surface area contributed by atoms with E-state index in [4.69, 9.17) is 9.84 Å². The zero-order chi connectivity index (χ0) is 11.5. The van der Waals surface area contributed by atoms with E-state index in [0.717, 1.165) is 24.3 Å². The molecule has 0 amide bonds. The number of hydrogen-bond acceptors (Lipinski definition) is 3. The number of aliphatic hydroxyl groups excluding tert-OH is 1. The zero-order valence-corrected chi connectivity index (χ0v) is 9.86. The Morgan fingerprint density at radius 1 is 1.50 bits per heavy atom. The van der Waals surface area contributed by atoms with Gasteiger partial charge in [0.25, 0.3) is 0 Å². The molecule has 0 bridgehead atoms. The summed E-state index contributed by atoms with van der Waals surface area (Å²) in [5, 5.41) is 12.5. The predicted octanol–water partition coefficient (Wildman–Crippen LogP) is 1.65. The molecule has 1 aliphatic heterocycles. The van der Waals surface area contributed by atoms with Gasteiger partial charge in [-0.2, -0.15) is 0 Å². The Kier molecular flexibility index (Phi) is 3.46. The van der Waals surface area contributed by atoms with E-state index >= 15 is 0 Å². The molecule has 2 atom stereocenters. The topological polar surface area (TPSA) is 41.5 Å². The van der Waals surface area contributed by atoms with E-state index < -0.39 is 0 Å². The van der Waals surface area contributed by atoms with Crippen molar-refractivity contribution in [3.05, 3.63) is 29.3 Å². The van der Waals surface area contributed by atoms with Gasteiger partial charge in [0.2, 0.25) is 0 Å². The lowest BCUT2D eigenvalue weighted by Crippen LogP contribution is -2.14. The SMILES string of the molecule is COc1ccc(C2CC(CO)CN2)cc1C. The summed E-state index contributed by atoms with van der Waals surface area (Å²) in [6.07, 6.45) is 1.02.